The van der Waals surface area contributed by atoms with Gasteiger partial charge in [0.05, 0.1) is 7.11 Å². The molecule has 0 aliphatic rings. The van der Waals surface area contributed by atoms with Gasteiger partial charge in [-0.2, -0.15) is 0 Å². The average molecular weight is 312 g/mol. The molecule has 1 N–H and O–H groups in total. The van der Waals surface area contributed by atoms with Crippen LogP contribution in [0.1, 0.15) is 36.0 Å². The number of ether oxygens (including phenoxy) is 1. The van der Waals surface area contributed by atoms with Gasteiger partial charge in [0.15, 0.2) is 5.78 Å². The molecule has 0 spiro atoms. The molecule has 0 heterocycles. The maximum absolute atomic E-state index is 11.8. The molecule has 0 atom stereocenters. The first kappa shape index (κ1) is 17.2. The van der Waals surface area contributed by atoms with E-state index >= 15 is 0 Å². The van der Waals surface area contributed by atoms with E-state index in [1.54, 1.807) is 24.3 Å². The molecule has 5 nitrogen and oxygen atoms in total. The number of esters is 1. The van der Waals surface area contributed by atoms with Crippen molar-refractivity contribution in [1.29, 1.82) is 0 Å². The third-order valence-corrected chi connectivity index (χ3v) is 3.10. The summed E-state index contributed by atoms with van der Waals surface area (Å²) in [7, 11) is 1.32. The summed E-state index contributed by atoms with van der Waals surface area (Å²) >= 11 is 5.74. The number of nitrogens with one attached hydrogen (secondary N) is 1. The quantitative estimate of drug-likeness (QED) is 0.454. The number of amides is 1. The summed E-state index contributed by atoms with van der Waals surface area (Å²) in [4.78, 5) is 34.2. The smallest absolute Gasteiger partial charge is 0.305 e. The summed E-state index contributed by atoms with van der Waals surface area (Å²) in [5.41, 5.74) is 0.540. The molecule has 0 saturated carbocycles. The van der Waals surface area contributed by atoms with Crippen LogP contribution >= 0.6 is 11.6 Å². The van der Waals surface area contributed by atoms with Gasteiger partial charge < -0.3 is 10.1 Å². The fourth-order valence-electron chi connectivity index (χ4n) is 1.66. The van der Waals surface area contributed by atoms with E-state index in [0.29, 0.717) is 23.6 Å². The molecule has 0 aromatic heterocycles. The first-order valence-electron chi connectivity index (χ1n) is 6.65. The number of ketones is 1. The highest BCUT2D eigenvalue weighted by Gasteiger charge is 2.09. The lowest BCUT2D eigenvalue weighted by atomic mass is 10.1. The summed E-state index contributed by atoms with van der Waals surface area (Å²) in [5.74, 6) is -0.610. The van der Waals surface area contributed by atoms with Crippen molar-refractivity contribution in [2.75, 3.05) is 13.7 Å². The molecule has 114 valence electrons. The third kappa shape index (κ3) is 6.90. The summed E-state index contributed by atoms with van der Waals surface area (Å²) in [6.07, 6.45) is 1.05. The number of benzene rings is 1. The second-order valence-electron chi connectivity index (χ2n) is 4.46. The van der Waals surface area contributed by atoms with Crippen LogP contribution in [-0.4, -0.2) is 31.3 Å². The first-order valence-corrected chi connectivity index (χ1v) is 7.03. The molecule has 0 aliphatic heterocycles. The molecule has 0 bridgehead atoms. The first-order chi connectivity index (χ1) is 10.0. The van der Waals surface area contributed by atoms with Crippen molar-refractivity contribution in [3.05, 3.63) is 34.9 Å². The van der Waals surface area contributed by atoms with Gasteiger partial charge in [-0.1, -0.05) is 11.6 Å². The van der Waals surface area contributed by atoms with Gasteiger partial charge in [0, 0.05) is 36.4 Å². The number of rotatable bonds is 8. The Bertz CT molecular complexity index is 499. The van der Waals surface area contributed by atoms with Gasteiger partial charge in [0.25, 0.3) is 0 Å². The Balaban J connectivity index is 2.22. The average Bonchev–Trinajstić information content (AvgIpc) is 2.49. The molecule has 0 radical (unpaired) electrons. The van der Waals surface area contributed by atoms with Gasteiger partial charge in [0.2, 0.25) is 5.91 Å². The Morgan fingerprint density at radius 3 is 2.38 bits per heavy atom. The second-order valence-corrected chi connectivity index (χ2v) is 4.90. The second kappa shape index (κ2) is 9.13. The zero-order valence-electron chi connectivity index (χ0n) is 11.9. The lowest BCUT2D eigenvalue weighted by Gasteiger charge is -2.05. The number of Topliss-reactive ketones (excluding diaryl/α,β-unsaturated/α-hetero) is 1. The summed E-state index contributed by atoms with van der Waals surface area (Å²) < 4.78 is 4.49. The standard InChI is InChI=1S/C15H18ClNO4/c1-21-15(20)3-2-10-17-14(19)9-8-13(18)11-4-6-12(16)7-5-11/h4-7H,2-3,8-10H2,1H3,(H,17,19). The number of halogens is 1. The van der Waals surface area contributed by atoms with E-state index < -0.39 is 0 Å². The Hall–Kier alpha value is -1.88. The van der Waals surface area contributed by atoms with Crippen LogP contribution in [0.25, 0.3) is 0 Å². The summed E-state index contributed by atoms with van der Waals surface area (Å²) in [5, 5.41) is 3.22. The highest BCUT2D eigenvalue weighted by atomic mass is 35.5. The topological polar surface area (TPSA) is 72.5 Å². The fourth-order valence-corrected chi connectivity index (χ4v) is 1.78. The molecule has 1 aromatic carbocycles. The molecule has 21 heavy (non-hydrogen) atoms. The SMILES string of the molecule is COC(=O)CCCNC(=O)CCC(=O)c1ccc(Cl)cc1. The molecule has 0 unspecified atom stereocenters. The minimum absolute atomic E-state index is 0.101. The summed E-state index contributed by atoms with van der Waals surface area (Å²) in [6.45, 7) is 0.392. The van der Waals surface area contributed by atoms with Crippen LogP contribution < -0.4 is 5.32 Å². The highest BCUT2D eigenvalue weighted by Crippen LogP contribution is 2.11. The zero-order chi connectivity index (χ0) is 15.7. The van der Waals surface area contributed by atoms with Crippen LogP contribution in [0.15, 0.2) is 24.3 Å². The molecule has 0 aliphatic carbocycles. The van der Waals surface area contributed by atoms with Crippen molar-refractivity contribution in [1.82, 2.24) is 5.32 Å². The van der Waals surface area contributed by atoms with E-state index in [1.165, 1.54) is 7.11 Å². The van der Waals surface area contributed by atoms with Crippen molar-refractivity contribution in [3.8, 4) is 0 Å². The van der Waals surface area contributed by atoms with Crippen LogP contribution in [0.3, 0.4) is 0 Å². The molecular formula is C15H18ClNO4. The Kier molecular flexibility index (Phi) is 7.46. The van der Waals surface area contributed by atoms with Crippen molar-refractivity contribution in [2.45, 2.75) is 25.7 Å². The van der Waals surface area contributed by atoms with Crippen LogP contribution in [0.4, 0.5) is 0 Å². The van der Waals surface area contributed by atoms with E-state index in [0.717, 1.165) is 0 Å². The fraction of sp³-hybridized carbons (Fsp3) is 0.400. The number of methoxy groups -OCH3 is 1. The minimum atomic E-state index is -0.304. The maximum Gasteiger partial charge on any atom is 0.305 e. The van der Waals surface area contributed by atoms with Crippen LogP contribution in [-0.2, 0) is 14.3 Å². The Morgan fingerprint density at radius 2 is 1.76 bits per heavy atom. The van der Waals surface area contributed by atoms with E-state index in [2.05, 4.69) is 10.1 Å². The molecule has 1 amide bonds. The van der Waals surface area contributed by atoms with E-state index in [9.17, 15) is 14.4 Å². The van der Waals surface area contributed by atoms with Gasteiger partial charge in [-0.3, -0.25) is 14.4 Å². The lowest BCUT2D eigenvalue weighted by molar-refractivity contribution is -0.140. The zero-order valence-corrected chi connectivity index (χ0v) is 12.6. The van der Waals surface area contributed by atoms with Crippen LogP contribution in [0.5, 0.6) is 0 Å². The Morgan fingerprint density at radius 1 is 1.10 bits per heavy atom. The molecule has 6 heteroatoms. The van der Waals surface area contributed by atoms with E-state index in [1.807, 2.05) is 0 Å². The van der Waals surface area contributed by atoms with Crippen molar-refractivity contribution < 1.29 is 19.1 Å². The largest absolute Gasteiger partial charge is 0.469 e. The molecular weight excluding hydrogens is 294 g/mol. The number of carbonyl (C=O) groups is 3. The molecule has 1 aromatic rings. The van der Waals surface area contributed by atoms with E-state index in [4.69, 9.17) is 11.6 Å². The predicted octanol–water partition coefficient (Wildman–Crippen LogP) is 2.37. The minimum Gasteiger partial charge on any atom is -0.469 e. The van der Waals surface area contributed by atoms with Gasteiger partial charge in [-0.15, -0.1) is 0 Å². The van der Waals surface area contributed by atoms with Crippen LogP contribution in [0, 0.1) is 0 Å². The molecule has 0 saturated heterocycles. The normalized spacial score (nSPS) is 10.0. The van der Waals surface area contributed by atoms with E-state index in [-0.39, 0.29) is 36.9 Å². The van der Waals surface area contributed by atoms with Gasteiger partial charge in [-0.25, -0.2) is 0 Å². The monoisotopic (exact) mass is 311 g/mol. The summed E-state index contributed by atoms with van der Waals surface area (Å²) in [6, 6.07) is 6.56. The van der Waals surface area contributed by atoms with Gasteiger partial charge in [0.1, 0.15) is 0 Å². The maximum atomic E-state index is 11.8. The molecule has 0 fully saturated rings. The van der Waals surface area contributed by atoms with Crippen LogP contribution in [0.2, 0.25) is 5.02 Å². The molecule has 1 rings (SSSR count). The number of hydrogen-bond donors (Lipinski definition) is 1. The van der Waals surface area contributed by atoms with Crippen molar-refractivity contribution in [3.63, 3.8) is 0 Å². The van der Waals surface area contributed by atoms with Crippen molar-refractivity contribution >= 4 is 29.3 Å². The lowest BCUT2D eigenvalue weighted by Crippen LogP contribution is -2.25. The Labute approximate surface area is 128 Å². The predicted molar refractivity (Wildman–Crippen MR) is 79.3 cm³/mol. The van der Waals surface area contributed by atoms with Crippen molar-refractivity contribution in [2.24, 2.45) is 0 Å². The highest BCUT2D eigenvalue weighted by molar-refractivity contribution is 6.30. The number of hydrogen-bond acceptors (Lipinski definition) is 4. The van der Waals surface area contributed by atoms with Gasteiger partial charge >= 0.3 is 5.97 Å². The van der Waals surface area contributed by atoms with Gasteiger partial charge in [-0.05, 0) is 30.7 Å². The number of carbonyl (C=O) groups excluding carboxylic acids is 3. The third-order valence-electron chi connectivity index (χ3n) is 2.85.